The lowest BCUT2D eigenvalue weighted by atomic mass is 10.0. The van der Waals surface area contributed by atoms with Gasteiger partial charge in [-0.05, 0) is 29.4 Å². The highest BCUT2D eigenvalue weighted by Crippen LogP contribution is 2.27. The van der Waals surface area contributed by atoms with Crippen LogP contribution in [0.5, 0.6) is 0 Å². The van der Waals surface area contributed by atoms with Gasteiger partial charge in [-0.2, -0.15) is 11.8 Å². The molecule has 13 heavy (non-hydrogen) atoms. The Balaban J connectivity index is 2.52. The molecule has 1 heterocycles. The van der Waals surface area contributed by atoms with Gasteiger partial charge < -0.3 is 5.11 Å². The van der Waals surface area contributed by atoms with Crippen LogP contribution in [0.1, 0.15) is 21.5 Å². The number of thioether (sulfide) groups is 1. The van der Waals surface area contributed by atoms with Crippen LogP contribution in [0.3, 0.4) is 0 Å². The quantitative estimate of drug-likeness (QED) is 0.744. The molecule has 3 heteroatoms. The zero-order chi connectivity index (χ0) is 9.26. The average molecular weight is 194 g/mol. The lowest BCUT2D eigenvalue weighted by molar-refractivity contribution is 0.0696. The van der Waals surface area contributed by atoms with Crippen LogP contribution < -0.4 is 0 Å². The summed E-state index contributed by atoms with van der Waals surface area (Å²) in [6.45, 7) is 0. The van der Waals surface area contributed by atoms with Crippen molar-refractivity contribution in [1.82, 2.24) is 0 Å². The number of carboxylic acid groups (broad SMARTS) is 1. The molecule has 0 atom stereocenters. The van der Waals surface area contributed by atoms with E-state index in [0.717, 1.165) is 23.5 Å². The molecule has 0 spiro atoms. The first kappa shape index (κ1) is 8.63. The van der Waals surface area contributed by atoms with Crippen LogP contribution in [-0.2, 0) is 12.2 Å². The average Bonchev–Trinajstić information content (AvgIpc) is 2.17. The van der Waals surface area contributed by atoms with E-state index < -0.39 is 5.97 Å². The molecule has 68 valence electrons. The smallest absolute Gasteiger partial charge is 0.336 e. The molecule has 1 aromatic carbocycles. The third-order valence-corrected chi connectivity index (χ3v) is 3.25. The minimum atomic E-state index is -0.806. The number of fused-ring (bicyclic) bond motifs is 1. The summed E-state index contributed by atoms with van der Waals surface area (Å²) in [4.78, 5) is 10.9. The Morgan fingerprint density at radius 3 is 3.08 bits per heavy atom. The summed E-state index contributed by atoms with van der Waals surface area (Å²) in [5, 5.41) is 8.93. The second-order valence-electron chi connectivity index (χ2n) is 3.05. The molecule has 0 fully saturated rings. The van der Waals surface area contributed by atoms with Gasteiger partial charge in [0.05, 0.1) is 5.56 Å². The Bertz CT molecular complexity index is 347. The van der Waals surface area contributed by atoms with Gasteiger partial charge >= 0.3 is 5.97 Å². The third-order valence-electron chi connectivity index (χ3n) is 2.27. The summed E-state index contributed by atoms with van der Waals surface area (Å²) in [6.07, 6.45) is 1.00. The van der Waals surface area contributed by atoms with E-state index in [0.29, 0.717) is 5.56 Å². The van der Waals surface area contributed by atoms with Crippen molar-refractivity contribution in [3.8, 4) is 0 Å². The monoisotopic (exact) mass is 194 g/mol. The summed E-state index contributed by atoms with van der Waals surface area (Å²) < 4.78 is 0. The Kier molecular flexibility index (Phi) is 2.27. The van der Waals surface area contributed by atoms with E-state index in [2.05, 4.69) is 0 Å². The molecule has 1 N–H and O–H groups in total. The number of benzene rings is 1. The molecule has 2 rings (SSSR count). The lowest BCUT2D eigenvalue weighted by Gasteiger charge is -2.16. The van der Waals surface area contributed by atoms with Crippen molar-refractivity contribution in [2.45, 2.75) is 12.2 Å². The zero-order valence-electron chi connectivity index (χ0n) is 7.12. The van der Waals surface area contributed by atoms with Gasteiger partial charge in [-0.25, -0.2) is 4.79 Å². The summed E-state index contributed by atoms with van der Waals surface area (Å²) in [5.74, 6) is 1.15. The highest BCUT2D eigenvalue weighted by atomic mass is 32.2. The molecule has 0 aliphatic carbocycles. The van der Waals surface area contributed by atoms with Crippen molar-refractivity contribution in [3.05, 3.63) is 34.9 Å². The van der Waals surface area contributed by atoms with Gasteiger partial charge in [0.15, 0.2) is 0 Å². The fourth-order valence-electron chi connectivity index (χ4n) is 1.60. The molecular weight excluding hydrogens is 184 g/mol. The zero-order valence-corrected chi connectivity index (χ0v) is 7.93. The summed E-state index contributed by atoms with van der Waals surface area (Å²) in [6, 6.07) is 5.55. The van der Waals surface area contributed by atoms with Crippen molar-refractivity contribution >= 4 is 17.7 Å². The first-order valence-corrected chi connectivity index (χ1v) is 5.36. The summed E-state index contributed by atoms with van der Waals surface area (Å²) in [7, 11) is 0. The Morgan fingerprint density at radius 2 is 2.31 bits per heavy atom. The minimum Gasteiger partial charge on any atom is -0.478 e. The molecule has 0 bridgehead atoms. The van der Waals surface area contributed by atoms with Gasteiger partial charge in [0.25, 0.3) is 0 Å². The largest absolute Gasteiger partial charge is 0.478 e. The van der Waals surface area contributed by atoms with Gasteiger partial charge in [0.1, 0.15) is 0 Å². The molecule has 0 radical (unpaired) electrons. The van der Waals surface area contributed by atoms with Crippen LogP contribution in [0.15, 0.2) is 18.2 Å². The fourth-order valence-corrected chi connectivity index (χ4v) is 2.65. The molecule has 0 unspecified atom stereocenters. The molecular formula is C10H10O2S. The maximum Gasteiger partial charge on any atom is 0.336 e. The van der Waals surface area contributed by atoms with E-state index >= 15 is 0 Å². The lowest BCUT2D eigenvalue weighted by Crippen LogP contribution is -2.09. The predicted molar refractivity (Wildman–Crippen MR) is 53.3 cm³/mol. The molecule has 0 aromatic heterocycles. The summed E-state index contributed by atoms with van der Waals surface area (Å²) >= 11 is 1.81. The number of hydrogen-bond acceptors (Lipinski definition) is 2. The Hall–Kier alpha value is -0.960. The van der Waals surface area contributed by atoms with Gasteiger partial charge in [0, 0.05) is 5.75 Å². The van der Waals surface area contributed by atoms with Crippen LogP contribution in [-0.4, -0.2) is 16.8 Å². The van der Waals surface area contributed by atoms with Crippen LogP contribution in [0.2, 0.25) is 0 Å². The Labute approximate surface area is 81.0 Å². The highest BCUT2D eigenvalue weighted by Gasteiger charge is 2.16. The van der Waals surface area contributed by atoms with Crippen LogP contribution in [0, 0.1) is 0 Å². The van der Waals surface area contributed by atoms with Gasteiger partial charge in [0.2, 0.25) is 0 Å². The number of rotatable bonds is 1. The molecule has 1 aliphatic heterocycles. The predicted octanol–water partition coefficient (Wildman–Crippen LogP) is 2.17. The molecule has 0 saturated carbocycles. The minimum absolute atomic E-state index is 0.477. The SMILES string of the molecule is O=C(O)c1cccc2c1CSCC2. The van der Waals surface area contributed by atoms with Gasteiger partial charge in [-0.3, -0.25) is 0 Å². The van der Waals surface area contributed by atoms with E-state index in [1.54, 1.807) is 17.8 Å². The van der Waals surface area contributed by atoms with E-state index in [1.165, 1.54) is 5.56 Å². The first-order chi connectivity index (χ1) is 6.29. The molecule has 0 amide bonds. The second-order valence-corrected chi connectivity index (χ2v) is 4.16. The maximum absolute atomic E-state index is 10.9. The van der Waals surface area contributed by atoms with Crippen LogP contribution >= 0.6 is 11.8 Å². The number of aryl methyl sites for hydroxylation is 1. The van der Waals surface area contributed by atoms with Crippen molar-refractivity contribution in [3.63, 3.8) is 0 Å². The second kappa shape index (κ2) is 3.42. The molecule has 2 nitrogen and oxygen atoms in total. The number of carboxylic acids is 1. The van der Waals surface area contributed by atoms with Gasteiger partial charge in [-0.15, -0.1) is 0 Å². The fraction of sp³-hybridized carbons (Fsp3) is 0.300. The van der Waals surface area contributed by atoms with E-state index in [9.17, 15) is 4.79 Å². The van der Waals surface area contributed by atoms with Crippen molar-refractivity contribution in [1.29, 1.82) is 0 Å². The number of carbonyl (C=O) groups is 1. The standard InChI is InChI=1S/C10H10O2S/c11-10(12)8-3-1-2-7-4-5-13-6-9(7)8/h1-3H,4-6H2,(H,11,12). The molecule has 1 aliphatic rings. The van der Waals surface area contributed by atoms with E-state index in [-0.39, 0.29) is 0 Å². The van der Waals surface area contributed by atoms with E-state index in [1.807, 2.05) is 12.1 Å². The van der Waals surface area contributed by atoms with Crippen molar-refractivity contribution < 1.29 is 9.90 Å². The third kappa shape index (κ3) is 1.56. The molecule has 0 saturated heterocycles. The van der Waals surface area contributed by atoms with Crippen LogP contribution in [0.25, 0.3) is 0 Å². The highest BCUT2D eigenvalue weighted by molar-refractivity contribution is 7.98. The maximum atomic E-state index is 10.9. The van der Waals surface area contributed by atoms with Crippen molar-refractivity contribution in [2.24, 2.45) is 0 Å². The normalized spacial score (nSPS) is 15.1. The van der Waals surface area contributed by atoms with Gasteiger partial charge in [-0.1, -0.05) is 12.1 Å². The molecule has 1 aromatic rings. The number of aromatic carboxylic acids is 1. The first-order valence-electron chi connectivity index (χ1n) is 4.21. The summed E-state index contributed by atoms with van der Waals surface area (Å²) in [5.41, 5.74) is 2.70. The topological polar surface area (TPSA) is 37.3 Å². The van der Waals surface area contributed by atoms with E-state index in [4.69, 9.17) is 5.11 Å². The number of hydrogen-bond donors (Lipinski definition) is 1. The Morgan fingerprint density at radius 1 is 1.46 bits per heavy atom. The van der Waals surface area contributed by atoms with Crippen LogP contribution in [0.4, 0.5) is 0 Å². The van der Waals surface area contributed by atoms with Crippen molar-refractivity contribution in [2.75, 3.05) is 5.75 Å².